The van der Waals surface area contributed by atoms with Crippen molar-refractivity contribution in [1.82, 2.24) is 4.90 Å². The van der Waals surface area contributed by atoms with Crippen molar-refractivity contribution < 1.29 is 0 Å². The normalized spacial score (nSPS) is 18.9. The summed E-state index contributed by atoms with van der Waals surface area (Å²) >= 11 is 0. The van der Waals surface area contributed by atoms with Crippen LogP contribution in [0.25, 0.3) is 0 Å². The van der Waals surface area contributed by atoms with Crippen molar-refractivity contribution in [3.63, 3.8) is 0 Å². The van der Waals surface area contributed by atoms with Crippen molar-refractivity contribution in [3.05, 3.63) is 35.9 Å². The summed E-state index contributed by atoms with van der Waals surface area (Å²) in [7, 11) is 0. The van der Waals surface area contributed by atoms with Gasteiger partial charge in [-0.25, -0.2) is 0 Å². The van der Waals surface area contributed by atoms with Crippen LogP contribution in [0.1, 0.15) is 38.7 Å². The summed E-state index contributed by atoms with van der Waals surface area (Å²) in [6, 6.07) is 11.5. The molecular weight excluding hydrogens is 220 g/mol. The average Bonchev–Trinajstić information content (AvgIpc) is 3.21. The van der Waals surface area contributed by atoms with Gasteiger partial charge in [-0.15, -0.1) is 0 Å². The van der Waals surface area contributed by atoms with Gasteiger partial charge in [-0.2, -0.15) is 0 Å². The molecule has 2 nitrogen and oxygen atoms in total. The first-order valence-corrected chi connectivity index (χ1v) is 7.20. The molecule has 1 aliphatic carbocycles. The Morgan fingerprint density at radius 3 is 2.44 bits per heavy atom. The predicted molar refractivity (Wildman–Crippen MR) is 77.6 cm³/mol. The van der Waals surface area contributed by atoms with Gasteiger partial charge in [0.2, 0.25) is 0 Å². The van der Waals surface area contributed by atoms with Crippen molar-refractivity contribution in [2.24, 2.45) is 5.73 Å². The Labute approximate surface area is 111 Å². The van der Waals surface area contributed by atoms with E-state index in [0.29, 0.717) is 0 Å². The maximum absolute atomic E-state index is 6.11. The summed E-state index contributed by atoms with van der Waals surface area (Å²) in [6.45, 7) is 6.49. The molecule has 2 N–H and O–H groups in total. The Kier molecular flexibility index (Phi) is 4.41. The van der Waals surface area contributed by atoms with Crippen molar-refractivity contribution in [1.29, 1.82) is 0 Å². The maximum atomic E-state index is 6.11. The molecular formula is C16H26N2. The van der Waals surface area contributed by atoms with Gasteiger partial charge in [0.25, 0.3) is 0 Å². The Morgan fingerprint density at radius 2 is 1.94 bits per heavy atom. The van der Waals surface area contributed by atoms with Crippen molar-refractivity contribution in [3.8, 4) is 0 Å². The van der Waals surface area contributed by atoms with E-state index >= 15 is 0 Å². The molecule has 1 aromatic rings. The molecule has 2 heteroatoms. The van der Waals surface area contributed by atoms with Crippen molar-refractivity contribution >= 4 is 0 Å². The minimum absolute atomic E-state index is 0.110. The van der Waals surface area contributed by atoms with Crippen LogP contribution in [0.2, 0.25) is 0 Å². The van der Waals surface area contributed by atoms with Crippen LogP contribution in [0.5, 0.6) is 0 Å². The molecule has 1 fully saturated rings. The van der Waals surface area contributed by atoms with Crippen LogP contribution < -0.4 is 5.73 Å². The first-order valence-electron chi connectivity index (χ1n) is 7.20. The summed E-state index contributed by atoms with van der Waals surface area (Å²) in [4.78, 5) is 2.65. The molecule has 0 aliphatic heterocycles. The number of hydrogen-bond donors (Lipinski definition) is 1. The molecule has 1 aliphatic rings. The van der Waals surface area contributed by atoms with E-state index in [1.807, 2.05) is 0 Å². The van der Waals surface area contributed by atoms with Gasteiger partial charge in [-0.3, -0.25) is 4.90 Å². The Morgan fingerprint density at radius 1 is 1.28 bits per heavy atom. The van der Waals surface area contributed by atoms with Crippen LogP contribution >= 0.6 is 0 Å². The van der Waals surface area contributed by atoms with Gasteiger partial charge in [0, 0.05) is 18.1 Å². The van der Waals surface area contributed by atoms with E-state index in [-0.39, 0.29) is 5.54 Å². The first-order chi connectivity index (χ1) is 8.69. The highest BCUT2D eigenvalue weighted by Gasteiger charge is 2.39. The number of nitrogens with two attached hydrogens (primary N) is 1. The second kappa shape index (κ2) is 5.85. The molecule has 0 spiro atoms. The molecule has 1 saturated carbocycles. The highest BCUT2D eigenvalue weighted by atomic mass is 15.2. The largest absolute Gasteiger partial charge is 0.329 e. The quantitative estimate of drug-likeness (QED) is 0.801. The van der Waals surface area contributed by atoms with Crippen LogP contribution in [0.15, 0.2) is 30.3 Å². The van der Waals surface area contributed by atoms with Gasteiger partial charge in [0.1, 0.15) is 0 Å². The van der Waals surface area contributed by atoms with E-state index in [1.54, 1.807) is 0 Å². The van der Waals surface area contributed by atoms with Gasteiger partial charge in [0.15, 0.2) is 0 Å². The van der Waals surface area contributed by atoms with Gasteiger partial charge in [-0.1, -0.05) is 37.3 Å². The van der Waals surface area contributed by atoms with E-state index in [4.69, 9.17) is 5.73 Å². The van der Waals surface area contributed by atoms with Gasteiger partial charge in [-0.05, 0) is 44.7 Å². The number of rotatable bonds is 7. The van der Waals surface area contributed by atoms with E-state index in [9.17, 15) is 0 Å². The van der Waals surface area contributed by atoms with Crippen molar-refractivity contribution in [2.75, 3.05) is 13.1 Å². The Hall–Kier alpha value is -0.860. The fraction of sp³-hybridized carbons (Fsp3) is 0.625. The van der Waals surface area contributed by atoms with Crippen LogP contribution in [0, 0.1) is 0 Å². The number of hydrogen-bond acceptors (Lipinski definition) is 2. The second-order valence-corrected chi connectivity index (χ2v) is 5.79. The molecule has 0 amide bonds. The zero-order valence-corrected chi connectivity index (χ0v) is 11.7. The fourth-order valence-corrected chi connectivity index (χ4v) is 2.85. The third kappa shape index (κ3) is 3.12. The molecule has 0 aromatic heterocycles. The zero-order valence-electron chi connectivity index (χ0n) is 11.7. The number of nitrogens with zero attached hydrogens (tertiary/aromatic N) is 1. The van der Waals surface area contributed by atoms with Crippen LogP contribution in [0.4, 0.5) is 0 Å². The molecule has 2 rings (SSSR count). The Bertz CT molecular complexity index is 359. The second-order valence-electron chi connectivity index (χ2n) is 5.79. The smallest absolute Gasteiger partial charge is 0.0346 e. The van der Waals surface area contributed by atoms with Gasteiger partial charge >= 0.3 is 0 Å². The summed E-state index contributed by atoms with van der Waals surface area (Å²) in [5.41, 5.74) is 7.62. The van der Waals surface area contributed by atoms with E-state index in [1.165, 1.54) is 31.4 Å². The molecule has 18 heavy (non-hydrogen) atoms. The summed E-state index contributed by atoms with van der Waals surface area (Å²) in [5, 5.41) is 0. The minimum atomic E-state index is 0.110. The average molecular weight is 246 g/mol. The van der Waals surface area contributed by atoms with Gasteiger partial charge < -0.3 is 5.73 Å². The monoisotopic (exact) mass is 246 g/mol. The van der Waals surface area contributed by atoms with Gasteiger partial charge in [0.05, 0.1) is 0 Å². The lowest BCUT2D eigenvalue weighted by atomic mass is 9.90. The molecule has 100 valence electrons. The summed E-state index contributed by atoms with van der Waals surface area (Å²) in [6.07, 6.45) is 4.97. The molecule has 1 atom stereocenters. The lowest BCUT2D eigenvalue weighted by Gasteiger charge is -2.41. The topological polar surface area (TPSA) is 29.3 Å². The van der Waals surface area contributed by atoms with Crippen LogP contribution in [0.3, 0.4) is 0 Å². The van der Waals surface area contributed by atoms with Crippen molar-refractivity contribution in [2.45, 2.75) is 51.1 Å². The molecule has 0 radical (unpaired) electrons. The van der Waals surface area contributed by atoms with Crippen LogP contribution in [-0.4, -0.2) is 29.6 Å². The third-order valence-electron chi connectivity index (χ3n) is 4.01. The van der Waals surface area contributed by atoms with E-state index < -0.39 is 0 Å². The molecule has 1 aromatic carbocycles. The fourth-order valence-electron chi connectivity index (χ4n) is 2.85. The van der Waals surface area contributed by atoms with E-state index in [0.717, 1.165) is 19.0 Å². The summed E-state index contributed by atoms with van der Waals surface area (Å²) in [5.74, 6) is 0. The minimum Gasteiger partial charge on any atom is -0.329 e. The maximum Gasteiger partial charge on any atom is 0.0346 e. The lowest BCUT2D eigenvalue weighted by molar-refractivity contribution is 0.100. The highest BCUT2D eigenvalue weighted by molar-refractivity contribution is 5.18. The van der Waals surface area contributed by atoms with Crippen LogP contribution in [-0.2, 0) is 6.42 Å². The van der Waals surface area contributed by atoms with E-state index in [2.05, 4.69) is 49.1 Å². The summed E-state index contributed by atoms with van der Waals surface area (Å²) < 4.78 is 0. The lowest BCUT2D eigenvalue weighted by Crippen LogP contribution is -2.54. The molecule has 1 unspecified atom stereocenters. The SMILES string of the molecule is CCCN(C1CC1)C(C)(CN)Cc1ccccc1. The third-order valence-corrected chi connectivity index (χ3v) is 4.01. The highest BCUT2D eigenvalue weighted by Crippen LogP contribution is 2.34. The molecule has 0 saturated heterocycles. The molecule has 0 heterocycles. The standard InChI is InChI=1S/C16H26N2/c1-3-11-18(15-9-10-15)16(2,13-17)12-14-7-5-4-6-8-14/h4-8,15H,3,9-13,17H2,1-2H3. The first kappa shape index (κ1) is 13.6. The Balaban J connectivity index is 2.12. The zero-order chi connectivity index (χ0) is 13.0. The predicted octanol–water partition coefficient (Wildman–Crippen LogP) is 2.82. The number of benzene rings is 1. The molecule has 0 bridgehead atoms.